The molecule has 0 unspecified atom stereocenters. The molecule has 0 saturated carbocycles. The number of aromatic nitrogens is 1. The normalized spacial score (nSPS) is 10.5. The number of thiazole rings is 1. The van der Waals surface area contributed by atoms with Crippen LogP contribution in [0.5, 0.6) is 11.5 Å². The first-order valence-electron chi connectivity index (χ1n) is 8.59. The summed E-state index contributed by atoms with van der Waals surface area (Å²) in [5.41, 5.74) is 2.88. The fourth-order valence-corrected chi connectivity index (χ4v) is 3.63. The van der Waals surface area contributed by atoms with Crippen LogP contribution in [-0.4, -0.2) is 25.1 Å². The topological polar surface area (TPSA) is 60.5 Å². The molecule has 0 aliphatic rings. The van der Waals surface area contributed by atoms with Crippen molar-refractivity contribution in [3.8, 4) is 11.5 Å². The van der Waals surface area contributed by atoms with Gasteiger partial charge in [-0.3, -0.25) is 4.79 Å². The number of ether oxygens (including phenoxy) is 2. The van der Waals surface area contributed by atoms with Gasteiger partial charge in [-0.25, -0.2) is 4.98 Å². The van der Waals surface area contributed by atoms with E-state index in [9.17, 15) is 4.79 Å². The molecule has 27 heavy (non-hydrogen) atoms. The number of nitrogens with zero attached hydrogens (tertiary/aromatic N) is 1. The summed E-state index contributed by atoms with van der Waals surface area (Å²) in [7, 11) is 3.06. The largest absolute Gasteiger partial charge is 0.496 e. The zero-order valence-electron chi connectivity index (χ0n) is 15.6. The van der Waals surface area contributed by atoms with Crippen molar-refractivity contribution in [1.29, 1.82) is 0 Å². The molecule has 0 radical (unpaired) electrons. The van der Waals surface area contributed by atoms with Gasteiger partial charge in [-0.15, -0.1) is 11.3 Å². The molecule has 1 aromatic heterocycles. The Bertz CT molecular complexity index is 897. The van der Waals surface area contributed by atoms with Gasteiger partial charge in [0.2, 0.25) is 0 Å². The first-order chi connectivity index (χ1) is 13.1. The number of aryl methyl sites for hydroxylation is 1. The molecule has 3 rings (SSSR count). The van der Waals surface area contributed by atoms with Crippen molar-refractivity contribution in [3.63, 3.8) is 0 Å². The van der Waals surface area contributed by atoms with Gasteiger partial charge in [0, 0.05) is 17.5 Å². The summed E-state index contributed by atoms with van der Waals surface area (Å²) in [4.78, 5) is 18.2. The minimum Gasteiger partial charge on any atom is -0.496 e. The molecule has 0 aliphatic carbocycles. The van der Waals surface area contributed by atoms with E-state index in [1.165, 1.54) is 25.3 Å². The number of hydrogen-bond donors (Lipinski definition) is 1. The summed E-state index contributed by atoms with van der Waals surface area (Å²) in [5.74, 6) is 0.705. The molecule has 0 saturated heterocycles. The number of benzene rings is 2. The second kappa shape index (κ2) is 8.68. The van der Waals surface area contributed by atoms with E-state index in [0.717, 1.165) is 16.3 Å². The van der Waals surface area contributed by atoms with Gasteiger partial charge < -0.3 is 14.8 Å². The number of carbonyl (C=O) groups excluding carboxylic acids is 1. The first kappa shape index (κ1) is 18.9. The SMILES string of the molecule is COc1cccc(OC)c1C(=O)NCc1ncc(Cc2ccc(C)cc2)s1. The van der Waals surface area contributed by atoms with E-state index in [0.29, 0.717) is 23.6 Å². The number of nitrogens with one attached hydrogen (secondary N) is 1. The van der Waals surface area contributed by atoms with Gasteiger partial charge >= 0.3 is 0 Å². The smallest absolute Gasteiger partial charge is 0.259 e. The highest BCUT2D eigenvalue weighted by Crippen LogP contribution is 2.28. The van der Waals surface area contributed by atoms with E-state index in [4.69, 9.17) is 9.47 Å². The lowest BCUT2D eigenvalue weighted by Crippen LogP contribution is -2.23. The van der Waals surface area contributed by atoms with Crippen molar-refractivity contribution in [3.05, 3.63) is 75.2 Å². The zero-order valence-corrected chi connectivity index (χ0v) is 16.4. The molecule has 0 fully saturated rings. The first-order valence-corrected chi connectivity index (χ1v) is 9.40. The summed E-state index contributed by atoms with van der Waals surface area (Å²) in [6, 6.07) is 13.7. The lowest BCUT2D eigenvalue weighted by molar-refractivity contribution is 0.0944. The fraction of sp³-hybridized carbons (Fsp3) is 0.238. The van der Waals surface area contributed by atoms with Crippen LogP contribution in [0.15, 0.2) is 48.7 Å². The van der Waals surface area contributed by atoms with Crippen molar-refractivity contribution in [2.75, 3.05) is 14.2 Å². The highest BCUT2D eigenvalue weighted by atomic mass is 32.1. The molecule has 1 amide bonds. The Morgan fingerprint density at radius 2 is 1.74 bits per heavy atom. The Balaban J connectivity index is 1.65. The maximum absolute atomic E-state index is 12.6. The van der Waals surface area contributed by atoms with E-state index in [-0.39, 0.29) is 5.91 Å². The Morgan fingerprint density at radius 3 is 2.37 bits per heavy atom. The van der Waals surface area contributed by atoms with Crippen LogP contribution in [0, 0.1) is 6.92 Å². The standard InChI is InChI=1S/C21H22N2O3S/c1-14-7-9-15(10-8-14)11-16-12-22-19(27-16)13-23-21(24)20-17(25-2)5-4-6-18(20)26-3/h4-10,12H,11,13H2,1-3H3,(H,23,24). The maximum atomic E-state index is 12.6. The lowest BCUT2D eigenvalue weighted by atomic mass is 10.1. The summed E-state index contributed by atoms with van der Waals surface area (Å²) in [6.45, 7) is 2.44. The van der Waals surface area contributed by atoms with Gasteiger partial charge in [0.05, 0.1) is 20.8 Å². The predicted octanol–water partition coefficient (Wildman–Crippen LogP) is 3.99. The molecule has 2 aromatic carbocycles. The van der Waals surface area contributed by atoms with Gasteiger partial charge in [-0.2, -0.15) is 0 Å². The third kappa shape index (κ3) is 4.65. The molecule has 0 bridgehead atoms. The summed E-state index contributed by atoms with van der Waals surface area (Å²) in [6.07, 6.45) is 2.71. The van der Waals surface area contributed by atoms with E-state index in [2.05, 4.69) is 41.5 Å². The highest BCUT2D eigenvalue weighted by molar-refractivity contribution is 7.11. The summed E-state index contributed by atoms with van der Waals surface area (Å²) >= 11 is 1.60. The van der Waals surface area contributed by atoms with E-state index in [1.807, 2.05) is 6.20 Å². The summed E-state index contributed by atoms with van der Waals surface area (Å²) in [5, 5.41) is 3.76. The quantitative estimate of drug-likeness (QED) is 0.671. The van der Waals surface area contributed by atoms with E-state index in [1.54, 1.807) is 29.5 Å². The fourth-order valence-electron chi connectivity index (χ4n) is 2.74. The van der Waals surface area contributed by atoms with Gasteiger partial charge in [-0.1, -0.05) is 35.9 Å². The molecule has 0 spiro atoms. The molecule has 5 nitrogen and oxygen atoms in total. The molecule has 6 heteroatoms. The van der Waals surface area contributed by atoms with Crippen LogP contribution >= 0.6 is 11.3 Å². The van der Waals surface area contributed by atoms with Crippen LogP contribution in [0.1, 0.15) is 31.4 Å². The van der Waals surface area contributed by atoms with Crippen molar-refractivity contribution in [2.45, 2.75) is 19.9 Å². The van der Waals surface area contributed by atoms with Crippen LogP contribution in [0.4, 0.5) is 0 Å². The van der Waals surface area contributed by atoms with Crippen molar-refractivity contribution >= 4 is 17.2 Å². The van der Waals surface area contributed by atoms with Crippen molar-refractivity contribution in [1.82, 2.24) is 10.3 Å². The zero-order chi connectivity index (χ0) is 19.2. The number of amides is 1. The van der Waals surface area contributed by atoms with Gasteiger partial charge in [0.25, 0.3) is 5.91 Å². The molecular formula is C21H22N2O3S. The average molecular weight is 382 g/mol. The minimum atomic E-state index is -0.250. The monoisotopic (exact) mass is 382 g/mol. The number of rotatable bonds is 7. The molecule has 0 aliphatic heterocycles. The molecule has 1 heterocycles. The second-order valence-corrected chi connectivity index (χ2v) is 7.30. The molecule has 1 N–H and O–H groups in total. The lowest BCUT2D eigenvalue weighted by Gasteiger charge is -2.12. The van der Waals surface area contributed by atoms with Crippen LogP contribution in [0.3, 0.4) is 0 Å². The third-order valence-corrected chi connectivity index (χ3v) is 5.15. The Hall–Kier alpha value is -2.86. The van der Waals surface area contributed by atoms with Gasteiger partial charge in [0.15, 0.2) is 0 Å². The van der Waals surface area contributed by atoms with E-state index < -0.39 is 0 Å². The Labute approximate surface area is 163 Å². The third-order valence-electron chi connectivity index (χ3n) is 4.16. The molecule has 3 aromatic rings. The number of methoxy groups -OCH3 is 2. The number of hydrogen-bond acceptors (Lipinski definition) is 5. The summed E-state index contributed by atoms with van der Waals surface area (Å²) < 4.78 is 10.6. The van der Waals surface area contributed by atoms with Crippen LogP contribution in [0.25, 0.3) is 0 Å². The highest BCUT2D eigenvalue weighted by Gasteiger charge is 2.18. The van der Waals surface area contributed by atoms with Crippen molar-refractivity contribution in [2.24, 2.45) is 0 Å². The molecular weight excluding hydrogens is 360 g/mol. The maximum Gasteiger partial charge on any atom is 0.259 e. The molecule has 140 valence electrons. The van der Waals surface area contributed by atoms with Crippen LogP contribution in [0.2, 0.25) is 0 Å². The minimum absolute atomic E-state index is 0.250. The van der Waals surface area contributed by atoms with Crippen LogP contribution in [-0.2, 0) is 13.0 Å². The second-order valence-electron chi connectivity index (χ2n) is 6.10. The predicted molar refractivity (Wildman–Crippen MR) is 107 cm³/mol. The Kier molecular flexibility index (Phi) is 6.08. The van der Waals surface area contributed by atoms with Gasteiger partial charge in [-0.05, 0) is 24.6 Å². The van der Waals surface area contributed by atoms with Crippen LogP contribution < -0.4 is 14.8 Å². The average Bonchev–Trinajstić information content (AvgIpc) is 3.14. The molecule has 0 atom stereocenters. The van der Waals surface area contributed by atoms with Crippen molar-refractivity contribution < 1.29 is 14.3 Å². The van der Waals surface area contributed by atoms with E-state index >= 15 is 0 Å². The number of carbonyl (C=O) groups is 1. The van der Waals surface area contributed by atoms with Gasteiger partial charge in [0.1, 0.15) is 22.1 Å². The Morgan fingerprint density at radius 1 is 1.07 bits per heavy atom.